The van der Waals surface area contributed by atoms with Crippen molar-refractivity contribution in [2.45, 2.75) is 0 Å². The lowest BCUT2D eigenvalue weighted by molar-refractivity contribution is 0.669. The third-order valence-corrected chi connectivity index (χ3v) is 14.8. The number of hydrogen-bond donors (Lipinski definition) is 0. The third kappa shape index (κ3) is 5.46. The van der Waals surface area contributed by atoms with Crippen molar-refractivity contribution in [3.63, 3.8) is 0 Å². The molecule has 2 heterocycles. The zero-order valence-electron chi connectivity index (χ0n) is 35.1. The molecule has 0 bridgehead atoms. The van der Waals surface area contributed by atoms with Crippen LogP contribution >= 0.6 is 11.3 Å². The van der Waals surface area contributed by atoms with Gasteiger partial charge in [-0.05, 0) is 119 Å². The minimum absolute atomic E-state index is 0.878. The van der Waals surface area contributed by atoms with E-state index in [4.69, 9.17) is 4.42 Å². The van der Waals surface area contributed by atoms with Crippen LogP contribution in [0.25, 0.3) is 118 Å². The summed E-state index contributed by atoms with van der Waals surface area (Å²) in [6.07, 6.45) is 0. The predicted octanol–water partition coefficient (Wildman–Crippen LogP) is 18.5. The van der Waals surface area contributed by atoms with E-state index in [-0.39, 0.29) is 0 Å². The van der Waals surface area contributed by atoms with E-state index in [1.54, 1.807) is 0 Å². The minimum Gasteiger partial charge on any atom is -0.456 e. The third-order valence-electron chi connectivity index (χ3n) is 13.6. The Labute approximate surface area is 378 Å². The van der Waals surface area contributed by atoms with E-state index in [9.17, 15) is 0 Å². The van der Waals surface area contributed by atoms with Crippen molar-refractivity contribution in [3.8, 4) is 22.3 Å². The first-order valence-corrected chi connectivity index (χ1v) is 23.1. The lowest BCUT2D eigenvalue weighted by Crippen LogP contribution is -2.12. The summed E-state index contributed by atoms with van der Waals surface area (Å²) in [4.78, 5) is 2.54. The molecule has 2 aromatic heterocycles. The monoisotopic (exact) mass is 843 g/mol. The molecule has 0 spiro atoms. The second kappa shape index (κ2) is 14.1. The van der Waals surface area contributed by atoms with E-state index in [1.807, 2.05) is 11.3 Å². The van der Waals surface area contributed by atoms with Gasteiger partial charge in [-0.15, -0.1) is 11.3 Å². The standard InChI is InChI=1S/C62H37NOS/c1-3-17-42-38(14-1)16-11-25-51(42)60-44(40-30-33-53-58(36-40)64-57-35-31-39-15-2-4-18-43(39)61(53)57)24-12-27-55(60)63(56-28-13-26-52-50-23-9-10-29-59(50)65-62(52)56)41-32-34-49-47-21-6-5-19-45(47)46-20-7-8-22-48(46)54(49)37-41/h1-37H. The molecule has 12 aromatic carbocycles. The summed E-state index contributed by atoms with van der Waals surface area (Å²) in [7, 11) is 0. The molecule has 0 fully saturated rings. The molecule has 0 unspecified atom stereocenters. The molecule has 0 saturated carbocycles. The topological polar surface area (TPSA) is 16.4 Å². The second-order valence-electron chi connectivity index (χ2n) is 17.1. The number of rotatable bonds is 5. The van der Waals surface area contributed by atoms with Gasteiger partial charge >= 0.3 is 0 Å². The van der Waals surface area contributed by atoms with Gasteiger partial charge in [0.25, 0.3) is 0 Å². The van der Waals surface area contributed by atoms with Gasteiger partial charge in [0, 0.05) is 37.5 Å². The van der Waals surface area contributed by atoms with Gasteiger partial charge in [0.15, 0.2) is 0 Å². The van der Waals surface area contributed by atoms with Crippen LogP contribution in [0.15, 0.2) is 229 Å². The van der Waals surface area contributed by atoms with Gasteiger partial charge in [0.1, 0.15) is 11.2 Å². The lowest BCUT2D eigenvalue weighted by atomic mass is 9.88. The Kier molecular flexibility index (Phi) is 7.89. The zero-order chi connectivity index (χ0) is 42.6. The van der Waals surface area contributed by atoms with Crippen molar-refractivity contribution in [2.24, 2.45) is 0 Å². The van der Waals surface area contributed by atoms with Gasteiger partial charge in [-0.25, -0.2) is 0 Å². The summed E-state index contributed by atoms with van der Waals surface area (Å²) < 4.78 is 9.26. The maximum absolute atomic E-state index is 6.73. The molecule has 3 heteroatoms. The van der Waals surface area contributed by atoms with Crippen LogP contribution in [0.3, 0.4) is 0 Å². The van der Waals surface area contributed by atoms with Crippen LogP contribution in [-0.4, -0.2) is 0 Å². The summed E-state index contributed by atoms with van der Waals surface area (Å²) in [5, 5.41) is 17.2. The molecule has 0 atom stereocenters. The van der Waals surface area contributed by atoms with Gasteiger partial charge in [0.2, 0.25) is 0 Å². The van der Waals surface area contributed by atoms with Gasteiger partial charge in [-0.3, -0.25) is 0 Å². The highest BCUT2D eigenvalue weighted by atomic mass is 32.1. The lowest BCUT2D eigenvalue weighted by Gasteiger charge is -2.30. The molecule has 2 nitrogen and oxygen atoms in total. The van der Waals surface area contributed by atoms with Crippen LogP contribution in [0.4, 0.5) is 17.1 Å². The zero-order valence-corrected chi connectivity index (χ0v) is 35.9. The Bertz CT molecular complexity index is 4230. The number of benzene rings is 12. The Balaban J connectivity index is 1.10. The van der Waals surface area contributed by atoms with E-state index >= 15 is 0 Å². The highest BCUT2D eigenvalue weighted by Gasteiger charge is 2.25. The number of nitrogens with zero attached hydrogens (tertiary/aromatic N) is 1. The van der Waals surface area contributed by atoms with E-state index in [1.165, 1.54) is 79.6 Å². The minimum atomic E-state index is 0.878. The molecule has 0 aliphatic rings. The maximum Gasteiger partial charge on any atom is 0.136 e. The molecular formula is C62H37NOS. The SMILES string of the molecule is c1cc(-c2ccc3c(c2)oc2ccc4ccccc4c23)c(-c2cccc3ccccc23)c(N(c2ccc3c4ccccc4c4ccccc4c3c2)c2cccc3c2sc2ccccc23)c1. The first-order chi connectivity index (χ1) is 32.2. The molecule has 0 amide bonds. The molecule has 0 radical (unpaired) electrons. The summed E-state index contributed by atoms with van der Waals surface area (Å²) in [6, 6.07) is 82.5. The van der Waals surface area contributed by atoms with Crippen molar-refractivity contribution >= 4 is 124 Å². The fourth-order valence-corrected chi connectivity index (χ4v) is 12.0. The van der Waals surface area contributed by atoms with Gasteiger partial charge in [-0.1, -0.05) is 176 Å². The van der Waals surface area contributed by atoms with E-state index < -0.39 is 0 Å². The van der Waals surface area contributed by atoms with Crippen LogP contribution in [0.5, 0.6) is 0 Å². The highest BCUT2D eigenvalue weighted by Crippen LogP contribution is 2.52. The number of anilines is 3. The average Bonchev–Trinajstić information content (AvgIpc) is 3.95. The Hall–Kier alpha value is -8.24. The quantitative estimate of drug-likeness (QED) is 0.161. The van der Waals surface area contributed by atoms with E-state index in [0.29, 0.717) is 0 Å². The summed E-state index contributed by atoms with van der Waals surface area (Å²) in [5.41, 5.74) is 9.69. The number of thiophene rings is 1. The second-order valence-corrected chi connectivity index (χ2v) is 18.2. The largest absolute Gasteiger partial charge is 0.456 e. The molecule has 302 valence electrons. The molecule has 14 aromatic rings. The van der Waals surface area contributed by atoms with Crippen molar-refractivity contribution in [1.82, 2.24) is 0 Å². The first-order valence-electron chi connectivity index (χ1n) is 22.2. The summed E-state index contributed by atoms with van der Waals surface area (Å²) in [5.74, 6) is 0. The Morgan fingerprint density at radius 1 is 0.338 bits per heavy atom. The van der Waals surface area contributed by atoms with Crippen molar-refractivity contribution in [2.75, 3.05) is 4.90 Å². The molecule has 65 heavy (non-hydrogen) atoms. The van der Waals surface area contributed by atoms with Gasteiger partial charge in [-0.2, -0.15) is 0 Å². The highest BCUT2D eigenvalue weighted by molar-refractivity contribution is 7.26. The van der Waals surface area contributed by atoms with Gasteiger partial charge in [0.05, 0.1) is 16.1 Å². The van der Waals surface area contributed by atoms with Crippen LogP contribution < -0.4 is 4.90 Å². The van der Waals surface area contributed by atoms with E-state index in [2.05, 4.69) is 229 Å². The number of furan rings is 1. The van der Waals surface area contributed by atoms with Crippen molar-refractivity contribution < 1.29 is 4.42 Å². The molecular weight excluding hydrogens is 807 g/mol. The smallest absolute Gasteiger partial charge is 0.136 e. The Morgan fingerprint density at radius 3 is 1.71 bits per heavy atom. The van der Waals surface area contributed by atoms with Crippen LogP contribution in [0.1, 0.15) is 0 Å². The van der Waals surface area contributed by atoms with Crippen molar-refractivity contribution in [1.29, 1.82) is 0 Å². The fraction of sp³-hybridized carbons (Fsp3) is 0. The fourth-order valence-electron chi connectivity index (χ4n) is 10.8. The number of fused-ring (bicyclic) bond motifs is 15. The molecule has 0 N–H and O–H groups in total. The summed E-state index contributed by atoms with van der Waals surface area (Å²) >= 11 is 1.87. The molecule has 0 aliphatic carbocycles. The van der Waals surface area contributed by atoms with Crippen LogP contribution in [-0.2, 0) is 0 Å². The number of hydrogen-bond acceptors (Lipinski definition) is 3. The van der Waals surface area contributed by atoms with Crippen LogP contribution in [0, 0.1) is 0 Å². The van der Waals surface area contributed by atoms with Crippen molar-refractivity contribution in [3.05, 3.63) is 224 Å². The van der Waals surface area contributed by atoms with Crippen LogP contribution in [0.2, 0.25) is 0 Å². The molecule has 0 aliphatic heterocycles. The normalized spacial score (nSPS) is 12.0. The predicted molar refractivity (Wildman–Crippen MR) is 280 cm³/mol. The molecule has 0 saturated heterocycles. The average molecular weight is 844 g/mol. The first kappa shape index (κ1) is 36.3. The van der Waals surface area contributed by atoms with E-state index in [0.717, 1.165) is 55.7 Å². The Morgan fingerprint density at radius 2 is 0.908 bits per heavy atom. The molecule has 14 rings (SSSR count). The van der Waals surface area contributed by atoms with Gasteiger partial charge < -0.3 is 9.32 Å². The summed E-state index contributed by atoms with van der Waals surface area (Å²) in [6.45, 7) is 0. The maximum atomic E-state index is 6.73.